The normalized spacial score (nSPS) is 24.0. The van der Waals surface area contributed by atoms with Crippen LogP contribution in [-0.2, 0) is 4.79 Å². The van der Waals surface area contributed by atoms with Crippen LogP contribution in [0.25, 0.3) is 0 Å². The molecule has 0 radical (unpaired) electrons. The molecule has 0 aromatic heterocycles. The van der Waals surface area contributed by atoms with Gasteiger partial charge in [0.15, 0.2) is 0 Å². The number of hydrogen-bond donors (Lipinski definition) is 1. The molecule has 6 heteroatoms. The number of likely N-dealkylation sites (tertiary alicyclic amines) is 1. The highest BCUT2D eigenvalue weighted by Gasteiger charge is 2.34. The van der Waals surface area contributed by atoms with E-state index < -0.39 is 5.60 Å². The van der Waals surface area contributed by atoms with Crippen LogP contribution in [0.5, 0.6) is 0 Å². The SMILES string of the molecule is CCN1CCN(CC(=O)N2CCC(O)(CN(C)C)CC2)CC1. The first-order valence-corrected chi connectivity index (χ1v) is 8.51. The molecular weight excluding hydrogens is 280 g/mol. The van der Waals surface area contributed by atoms with Gasteiger partial charge < -0.3 is 19.8 Å². The summed E-state index contributed by atoms with van der Waals surface area (Å²) in [6, 6.07) is 0. The number of piperidine rings is 1. The number of hydrogen-bond acceptors (Lipinski definition) is 5. The summed E-state index contributed by atoms with van der Waals surface area (Å²) in [7, 11) is 3.96. The van der Waals surface area contributed by atoms with E-state index in [4.69, 9.17) is 0 Å². The van der Waals surface area contributed by atoms with Crippen LogP contribution in [0.3, 0.4) is 0 Å². The van der Waals surface area contributed by atoms with E-state index in [1.807, 2.05) is 23.9 Å². The number of nitrogens with zero attached hydrogens (tertiary/aromatic N) is 4. The zero-order valence-electron chi connectivity index (χ0n) is 14.4. The number of carbonyl (C=O) groups is 1. The van der Waals surface area contributed by atoms with Crippen molar-refractivity contribution in [1.82, 2.24) is 19.6 Å². The molecule has 2 rings (SSSR count). The Morgan fingerprint density at radius 1 is 1.05 bits per heavy atom. The Morgan fingerprint density at radius 2 is 1.59 bits per heavy atom. The highest BCUT2D eigenvalue weighted by atomic mass is 16.3. The molecule has 0 saturated carbocycles. The van der Waals surface area contributed by atoms with Gasteiger partial charge in [0.25, 0.3) is 0 Å². The van der Waals surface area contributed by atoms with Gasteiger partial charge in [-0.3, -0.25) is 9.69 Å². The fraction of sp³-hybridized carbons (Fsp3) is 0.938. The van der Waals surface area contributed by atoms with Gasteiger partial charge in [-0.1, -0.05) is 6.92 Å². The Bertz CT molecular complexity index is 359. The lowest BCUT2D eigenvalue weighted by Crippen LogP contribution is -2.54. The van der Waals surface area contributed by atoms with Gasteiger partial charge in [-0.2, -0.15) is 0 Å². The van der Waals surface area contributed by atoms with Gasteiger partial charge in [0.2, 0.25) is 5.91 Å². The molecular formula is C16H32N4O2. The topological polar surface area (TPSA) is 50.3 Å². The predicted molar refractivity (Wildman–Crippen MR) is 87.9 cm³/mol. The summed E-state index contributed by atoms with van der Waals surface area (Å²) in [5, 5.41) is 10.5. The van der Waals surface area contributed by atoms with Gasteiger partial charge in [0.05, 0.1) is 12.1 Å². The zero-order valence-corrected chi connectivity index (χ0v) is 14.4. The molecule has 0 atom stereocenters. The van der Waals surface area contributed by atoms with E-state index in [0.29, 0.717) is 39.0 Å². The van der Waals surface area contributed by atoms with Crippen LogP contribution in [0.4, 0.5) is 0 Å². The highest BCUT2D eigenvalue weighted by molar-refractivity contribution is 5.78. The van der Waals surface area contributed by atoms with Crippen molar-refractivity contribution in [3.05, 3.63) is 0 Å². The minimum absolute atomic E-state index is 0.219. The van der Waals surface area contributed by atoms with Gasteiger partial charge in [0, 0.05) is 45.8 Å². The minimum atomic E-state index is -0.632. The third-order valence-corrected chi connectivity index (χ3v) is 4.93. The Balaban J connectivity index is 1.73. The first-order valence-electron chi connectivity index (χ1n) is 8.51. The molecule has 0 aromatic rings. The number of rotatable bonds is 5. The van der Waals surface area contributed by atoms with Crippen molar-refractivity contribution in [1.29, 1.82) is 0 Å². The van der Waals surface area contributed by atoms with Gasteiger partial charge in [-0.05, 0) is 33.5 Å². The van der Waals surface area contributed by atoms with Gasteiger partial charge in [0.1, 0.15) is 0 Å². The molecule has 0 unspecified atom stereocenters. The number of likely N-dealkylation sites (N-methyl/N-ethyl adjacent to an activating group) is 2. The molecule has 0 bridgehead atoms. The van der Waals surface area contributed by atoms with Crippen LogP contribution in [-0.4, -0.2) is 109 Å². The van der Waals surface area contributed by atoms with E-state index in [1.165, 1.54) is 0 Å². The second-order valence-electron chi connectivity index (χ2n) is 7.05. The predicted octanol–water partition coefficient (Wildman–Crippen LogP) is -0.461. The van der Waals surface area contributed by atoms with Crippen LogP contribution in [0.1, 0.15) is 19.8 Å². The number of piperazine rings is 1. The van der Waals surface area contributed by atoms with Crippen LogP contribution >= 0.6 is 0 Å². The lowest BCUT2D eigenvalue weighted by atomic mass is 9.91. The summed E-state index contributed by atoms with van der Waals surface area (Å²) in [6.45, 7) is 9.93. The first kappa shape index (κ1) is 17.7. The number of aliphatic hydroxyl groups is 1. The van der Waals surface area contributed by atoms with Crippen molar-refractivity contribution < 1.29 is 9.90 Å². The van der Waals surface area contributed by atoms with Crippen molar-refractivity contribution in [3.8, 4) is 0 Å². The van der Waals surface area contributed by atoms with E-state index >= 15 is 0 Å². The maximum Gasteiger partial charge on any atom is 0.236 e. The maximum atomic E-state index is 12.4. The van der Waals surface area contributed by atoms with Gasteiger partial charge in [-0.15, -0.1) is 0 Å². The fourth-order valence-corrected chi connectivity index (χ4v) is 3.47. The van der Waals surface area contributed by atoms with Crippen LogP contribution in [0, 0.1) is 0 Å². The Labute approximate surface area is 134 Å². The Hall–Kier alpha value is -0.690. The smallest absolute Gasteiger partial charge is 0.236 e. The largest absolute Gasteiger partial charge is 0.388 e. The molecule has 2 fully saturated rings. The minimum Gasteiger partial charge on any atom is -0.388 e. The molecule has 2 heterocycles. The lowest BCUT2D eigenvalue weighted by molar-refractivity contribution is -0.137. The van der Waals surface area contributed by atoms with E-state index in [2.05, 4.69) is 16.7 Å². The van der Waals surface area contributed by atoms with Crippen molar-refractivity contribution in [2.24, 2.45) is 0 Å². The van der Waals surface area contributed by atoms with Crippen molar-refractivity contribution in [2.45, 2.75) is 25.4 Å². The standard InChI is InChI=1S/C16H32N4O2/c1-4-18-9-11-19(12-10-18)13-15(21)20-7-5-16(22,6-8-20)14-17(2)3/h22H,4-14H2,1-3H3. The van der Waals surface area contributed by atoms with Gasteiger partial charge in [-0.25, -0.2) is 0 Å². The summed E-state index contributed by atoms with van der Waals surface area (Å²) in [5.41, 5.74) is -0.632. The van der Waals surface area contributed by atoms with E-state index in [9.17, 15) is 9.90 Å². The number of carbonyl (C=O) groups excluding carboxylic acids is 1. The third-order valence-electron chi connectivity index (χ3n) is 4.93. The van der Waals surface area contributed by atoms with Gasteiger partial charge >= 0.3 is 0 Å². The maximum absolute atomic E-state index is 12.4. The molecule has 2 saturated heterocycles. The molecule has 0 aliphatic carbocycles. The summed E-state index contributed by atoms with van der Waals surface area (Å²) < 4.78 is 0. The fourth-order valence-electron chi connectivity index (χ4n) is 3.47. The monoisotopic (exact) mass is 312 g/mol. The third kappa shape index (κ3) is 4.91. The molecule has 6 nitrogen and oxygen atoms in total. The summed E-state index contributed by atoms with van der Waals surface area (Å²) in [4.78, 5) is 21.1. The van der Waals surface area contributed by atoms with E-state index in [1.54, 1.807) is 0 Å². The van der Waals surface area contributed by atoms with Crippen molar-refractivity contribution >= 4 is 5.91 Å². The molecule has 22 heavy (non-hydrogen) atoms. The quantitative estimate of drug-likeness (QED) is 0.744. The van der Waals surface area contributed by atoms with E-state index in [-0.39, 0.29) is 5.91 Å². The molecule has 2 aliphatic rings. The molecule has 1 amide bonds. The Morgan fingerprint density at radius 3 is 2.09 bits per heavy atom. The summed E-state index contributed by atoms with van der Waals surface area (Å²) >= 11 is 0. The Kier molecular flexibility index (Phi) is 6.20. The molecule has 0 aromatic carbocycles. The number of amides is 1. The second kappa shape index (κ2) is 7.73. The summed E-state index contributed by atoms with van der Waals surface area (Å²) in [6.07, 6.45) is 1.36. The van der Waals surface area contributed by atoms with E-state index in [0.717, 1.165) is 32.7 Å². The van der Waals surface area contributed by atoms with Crippen molar-refractivity contribution in [3.63, 3.8) is 0 Å². The summed E-state index contributed by atoms with van der Waals surface area (Å²) in [5.74, 6) is 0.219. The average molecular weight is 312 g/mol. The zero-order chi connectivity index (χ0) is 16.2. The lowest BCUT2D eigenvalue weighted by Gasteiger charge is -2.40. The van der Waals surface area contributed by atoms with Crippen LogP contribution in [0.2, 0.25) is 0 Å². The van der Waals surface area contributed by atoms with Crippen LogP contribution < -0.4 is 0 Å². The second-order valence-corrected chi connectivity index (χ2v) is 7.05. The molecule has 1 N–H and O–H groups in total. The molecule has 0 spiro atoms. The first-order chi connectivity index (χ1) is 10.4. The average Bonchev–Trinajstić information content (AvgIpc) is 2.47. The molecule has 128 valence electrons. The highest BCUT2D eigenvalue weighted by Crippen LogP contribution is 2.23. The molecule has 2 aliphatic heterocycles. The van der Waals surface area contributed by atoms with Crippen LogP contribution in [0.15, 0.2) is 0 Å². The van der Waals surface area contributed by atoms with Crippen molar-refractivity contribution in [2.75, 3.05) is 73.0 Å².